The molecule has 0 amide bonds. The third kappa shape index (κ3) is 1.94. The van der Waals surface area contributed by atoms with Crippen LogP contribution in [0.25, 0.3) is 11.2 Å². The summed E-state index contributed by atoms with van der Waals surface area (Å²) in [5, 5.41) is 0. The second-order valence-electron chi connectivity index (χ2n) is 2.72. The summed E-state index contributed by atoms with van der Waals surface area (Å²) in [5.41, 5.74) is 11.0. The number of anilines is 2. The summed E-state index contributed by atoms with van der Waals surface area (Å²) in [4.78, 5) is 13.3. The minimum absolute atomic E-state index is 0.0137. The number of H-pyrrole nitrogens is 1. The molecule has 2 heterocycles. The van der Waals surface area contributed by atoms with Gasteiger partial charge in [-0.1, -0.05) is 0 Å². The maximum absolute atomic E-state index is 10.4. The zero-order valence-electron chi connectivity index (χ0n) is 7.58. The number of rotatable bonds is 2. The van der Waals surface area contributed by atoms with Crippen molar-refractivity contribution in [2.45, 2.75) is 0 Å². The summed E-state index contributed by atoms with van der Waals surface area (Å²) in [5.74, 6) is -0.130. The van der Waals surface area contributed by atoms with Crippen molar-refractivity contribution in [3.8, 4) is 6.01 Å². The Bertz CT molecular complexity index is 648. The molecule has 6 N–H and O–H groups in total. The van der Waals surface area contributed by atoms with E-state index in [1.54, 1.807) is 0 Å². The molecule has 0 saturated carbocycles. The largest absolute Gasteiger partial charge is 0.449 e. The average Bonchev–Trinajstić information content (AvgIpc) is 2.43. The predicted octanol–water partition coefficient (Wildman–Crippen LogP) is -1.30. The van der Waals surface area contributed by atoms with Gasteiger partial charge in [0, 0.05) is 0 Å². The normalized spacial score (nSPS) is 11.8. The highest BCUT2D eigenvalue weighted by molar-refractivity contribution is 7.81. The van der Waals surface area contributed by atoms with E-state index in [9.17, 15) is 8.42 Å². The van der Waals surface area contributed by atoms with Crippen molar-refractivity contribution in [3.05, 3.63) is 0 Å². The van der Waals surface area contributed by atoms with Gasteiger partial charge in [0.25, 0.3) is 0 Å². The predicted molar refractivity (Wildman–Crippen MR) is 52.7 cm³/mol. The molecule has 0 aliphatic rings. The van der Waals surface area contributed by atoms with Crippen molar-refractivity contribution in [3.63, 3.8) is 0 Å². The summed E-state index contributed by atoms with van der Waals surface area (Å²) in [6, 6.07) is -0.482. The number of nitrogen functional groups attached to an aromatic ring is 2. The van der Waals surface area contributed by atoms with Crippen LogP contribution in [0.15, 0.2) is 0 Å². The molecule has 0 spiro atoms. The fraction of sp³-hybridized carbons (Fsp3) is 0. The first-order valence-corrected chi connectivity index (χ1v) is 5.17. The molecular weight excluding hydrogens is 240 g/mol. The maximum Gasteiger partial charge on any atom is 0.449 e. The zero-order chi connectivity index (χ0) is 11.9. The lowest BCUT2D eigenvalue weighted by atomic mass is 10.5. The van der Waals surface area contributed by atoms with Crippen LogP contribution >= 0.6 is 0 Å². The van der Waals surface area contributed by atoms with Gasteiger partial charge in [-0.15, -0.1) is 0 Å². The molecule has 10 nitrogen and oxygen atoms in total. The lowest BCUT2D eigenvalue weighted by Crippen LogP contribution is -2.07. The van der Waals surface area contributed by atoms with Gasteiger partial charge in [-0.3, -0.25) is 4.55 Å². The standard InChI is InChI=1S/C5H6N6O4S/c6-2-1-3(10-4(7)9-2)11-5(8-1)15-16(12,13)14/h(H,12,13,14)(H5,6,7,8,9,10,11). The number of hydrogen-bond acceptors (Lipinski definition) is 8. The SMILES string of the molecule is Nc1nc(N)c2[nH]c(OS(=O)(=O)O)nc2n1. The first-order chi connectivity index (χ1) is 7.35. The van der Waals surface area contributed by atoms with Crippen LogP contribution in [-0.2, 0) is 10.4 Å². The Morgan fingerprint density at radius 3 is 2.56 bits per heavy atom. The zero-order valence-corrected chi connectivity index (χ0v) is 8.39. The summed E-state index contributed by atoms with van der Waals surface area (Å²) < 4.78 is 33.3. The van der Waals surface area contributed by atoms with Crippen molar-refractivity contribution >= 4 is 33.3 Å². The summed E-state index contributed by atoms with van der Waals surface area (Å²) in [6.45, 7) is 0. The van der Waals surface area contributed by atoms with E-state index in [-0.39, 0.29) is 22.9 Å². The third-order valence-electron chi connectivity index (χ3n) is 1.56. The van der Waals surface area contributed by atoms with Crippen LogP contribution in [0.1, 0.15) is 0 Å². The van der Waals surface area contributed by atoms with Crippen molar-refractivity contribution in [1.82, 2.24) is 19.9 Å². The van der Waals surface area contributed by atoms with Crippen molar-refractivity contribution in [2.24, 2.45) is 0 Å². The first kappa shape index (κ1) is 10.4. The van der Waals surface area contributed by atoms with Gasteiger partial charge in [0.15, 0.2) is 11.5 Å². The van der Waals surface area contributed by atoms with Crippen LogP contribution in [-0.4, -0.2) is 32.9 Å². The van der Waals surface area contributed by atoms with E-state index < -0.39 is 16.4 Å². The summed E-state index contributed by atoms with van der Waals surface area (Å²) >= 11 is 0. The molecule has 0 saturated heterocycles. The number of imidazole rings is 1. The van der Waals surface area contributed by atoms with Gasteiger partial charge in [0.1, 0.15) is 5.52 Å². The molecule has 2 rings (SSSR count). The molecule has 16 heavy (non-hydrogen) atoms. The fourth-order valence-electron chi connectivity index (χ4n) is 1.05. The maximum atomic E-state index is 10.4. The third-order valence-corrected chi connectivity index (χ3v) is 1.93. The summed E-state index contributed by atoms with van der Waals surface area (Å²) in [6.07, 6.45) is 0. The molecule has 0 aliphatic heterocycles. The number of aromatic amines is 1. The van der Waals surface area contributed by atoms with Crippen LogP contribution in [0.3, 0.4) is 0 Å². The quantitative estimate of drug-likeness (QED) is 0.470. The van der Waals surface area contributed by atoms with E-state index in [2.05, 4.69) is 24.1 Å². The molecule has 0 fully saturated rings. The van der Waals surface area contributed by atoms with E-state index in [0.717, 1.165) is 0 Å². The number of nitrogens with zero attached hydrogens (tertiary/aromatic N) is 3. The van der Waals surface area contributed by atoms with Crippen molar-refractivity contribution in [2.75, 3.05) is 11.5 Å². The van der Waals surface area contributed by atoms with Crippen LogP contribution in [0.5, 0.6) is 6.01 Å². The first-order valence-electron chi connectivity index (χ1n) is 3.81. The molecule has 11 heteroatoms. The van der Waals surface area contributed by atoms with Crippen LogP contribution in [0.2, 0.25) is 0 Å². The van der Waals surface area contributed by atoms with Gasteiger partial charge < -0.3 is 20.6 Å². The lowest BCUT2D eigenvalue weighted by molar-refractivity contribution is 0.376. The Labute approximate surface area is 88.6 Å². The van der Waals surface area contributed by atoms with E-state index in [4.69, 9.17) is 16.0 Å². The van der Waals surface area contributed by atoms with Gasteiger partial charge >= 0.3 is 16.4 Å². The topological polar surface area (TPSA) is 170 Å². The number of hydrogen-bond donors (Lipinski definition) is 4. The molecule has 86 valence electrons. The average molecular weight is 246 g/mol. The Hall–Kier alpha value is -2.14. The Morgan fingerprint density at radius 2 is 1.94 bits per heavy atom. The second kappa shape index (κ2) is 3.18. The highest BCUT2D eigenvalue weighted by Crippen LogP contribution is 2.19. The van der Waals surface area contributed by atoms with Crippen molar-refractivity contribution < 1.29 is 17.2 Å². The van der Waals surface area contributed by atoms with Crippen LogP contribution in [0.4, 0.5) is 11.8 Å². The molecule has 0 bridgehead atoms. The molecule has 2 aromatic rings. The van der Waals surface area contributed by atoms with Crippen molar-refractivity contribution in [1.29, 1.82) is 0 Å². The molecule has 0 unspecified atom stereocenters. The van der Waals surface area contributed by atoms with E-state index in [1.807, 2.05) is 0 Å². The number of nitrogens with one attached hydrogen (secondary N) is 1. The molecule has 2 aromatic heterocycles. The molecule has 0 aromatic carbocycles. The monoisotopic (exact) mass is 246 g/mol. The van der Waals surface area contributed by atoms with Gasteiger partial charge in [-0.05, 0) is 0 Å². The molecular formula is C5H6N6O4S. The van der Waals surface area contributed by atoms with E-state index in [1.165, 1.54) is 0 Å². The van der Waals surface area contributed by atoms with Gasteiger partial charge in [0.2, 0.25) is 5.95 Å². The fourth-order valence-corrected chi connectivity index (χ4v) is 1.33. The van der Waals surface area contributed by atoms with Crippen LogP contribution in [0, 0.1) is 0 Å². The highest BCUT2D eigenvalue weighted by Gasteiger charge is 2.14. The second-order valence-corrected chi connectivity index (χ2v) is 3.74. The molecule has 0 atom stereocenters. The summed E-state index contributed by atoms with van der Waals surface area (Å²) in [7, 11) is -4.66. The Morgan fingerprint density at radius 1 is 1.25 bits per heavy atom. The Balaban J connectivity index is 2.56. The number of fused-ring (bicyclic) bond motifs is 1. The minimum atomic E-state index is -4.66. The molecule has 0 radical (unpaired) electrons. The van der Waals surface area contributed by atoms with Gasteiger partial charge in [-0.25, -0.2) is 0 Å². The van der Waals surface area contributed by atoms with Gasteiger partial charge in [-0.2, -0.15) is 23.4 Å². The van der Waals surface area contributed by atoms with E-state index >= 15 is 0 Å². The highest BCUT2D eigenvalue weighted by atomic mass is 32.3. The smallest absolute Gasteiger partial charge is 0.382 e. The lowest BCUT2D eigenvalue weighted by Gasteiger charge is -1.94. The van der Waals surface area contributed by atoms with Crippen LogP contribution < -0.4 is 15.7 Å². The molecule has 0 aliphatic carbocycles. The minimum Gasteiger partial charge on any atom is -0.382 e. The Kier molecular flexibility index (Phi) is 2.06. The van der Waals surface area contributed by atoms with Gasteiger partial charge in [0.05, 0.1) is 0 Å². The van der Waals surface area contributed by atoms with E-state index in [0.29, 0.717) is 0 Å². The number of nitrogens with two attached hydrogens (primary N) is 2. The number of aromatic nitrogens is 4.